The number of ether oxygens (including phenoxy) is 1. The zero-order valence-electron chi connectivity index (χ0n) is 13.6. The quantitative estimate of drug-likeness (QED) is 0.565. The van der Waals surface area contributed by atoms with Gasteiger partial charge in [-0.3, -0.25) is 5.10 Å². The first-order chi connectivity index (χ1) is 11.6. The molecule has 3 aromatic rings. The van der Waals surface area contributed by atoms with Gasteiger partial charge in [-0.1, -0.05) is 42.0 Å². The molecule has 1 aromatic heterocycles. The van der Waals surface area contributed by atoms with E-state index in [4.69, 9.17) is 17.0 Å². The molecule has 0 amide bonds. The summed E-state index contributed by atoms with van der Waals surface area (Å²) in [4.78, 5) is 0. The second-order valence-electron chi connectivity index (χ2n) is 5.44. The van der Waals surface area contributed by atoms with Crippen LogP contribution in [0.1, 0.15) is 22.5 Å². The van der Waals surface area contributed by atoms with Crippen LogP contribution in [0.15, 0.2) is 53.6 Å². The van der Waals surface area contributed by atoms with E-state index >= 15 is 0 Å². The van der Waals surface area contributed by atoms with Crippen LogP contribution in [0.25, 0.3) is 0 Å². The third kappa shape index (κ3) is 3.78. The van der Waals surface area contributed by atoms with Gasteiger partial charge in [0.15, 0.2) is 0 Å². The fraction of sp³-hybridized carbons (Fsp3) is 0.167. The van der Waals surface area contributed by atoms with Gasteiger partial charge >= 0.3 is 0 Å². The molecule has 122 valence electrons. The zero-order chi connectivity index (χ0) is 16.9. The van der Waals surface area contributed by atoms with Gasteiger partial charge in [0.25, 0.3) is 0 Å². The van der Waals surface area contributed by atoms with E-state index in [1.807, 2.05) is 31.2 Å². The molecule has 0 bridgehead atoms. The fourth-order valence-electron chi connectivity index (χ4n) is 2.19. The van der Waals surface area contributed by atoms with Crippen LogP contribution in [0.2, 0.25) is 0 Å². The Hall–Kier alpha value is -2.73. The van der Waals surface area contributed by atoms with E-state index in [9.17, 15) is 0 Å². The van der Waals surface area contributed by atoms with Crippen LogP contribution in [0.5, 0.6) is 5.75 Å². The molecule has 0 atom stereocenters. The highest BCUT2D eigenvalue weighted by Gasteiger charge is 2.03. The molecule has 5 nitrogen and oxygen atoms in total. The van der Waals surface area contributed by atoms with Crippen molar-refractivity contribution >= 4 is 18.4 Å². The van der Waals surface area contributed by atoms with E-state index < -0.39 is 0 Å². The molecular formula is C18H18N4OS. The van der Waals surface area contributed by atoms with Gasteiger partial charge in [0, 0.05) is 5.56 Å². The molecule has 0 aliphatic carbocycles. The number of nitrogens with zero attached hydrogens (tertiary/aromatic N) is 3. The first-order valence-electron chi connectivity index (χ1n) is 7.59. The van der Waals surface area contributed by atoms with Gasteiger partial charge in [-0.05, 0) is 43.8 Å². The van der Waals surface area contributed by atoms with Gasteiger partial charge in [-0.2, -0.15) is 14.9 Å². The Bertz CT molecular complexity index is 909. The lowest BCUT2D eigenvalue weighted by Crippen LogP contribution is -1.99. The summed E-state index contributed by atoms with van der Waals surface area (Å²) in [7, 11) is 0. The van der Waals surface area contributed by atoms with Crippen molar-refractivity contribution in [2.45, 2.75) is 20.5 Å². The third-order valence-corrected chi connectivity index (χ3v) is 3.82. The van der Waals surface area contributed by atoms with E-state index in [1.165, 1.54) is 5.56 Å². The minimum atomic E-state index is 0.460. The third-order valence-electron chi connectivity index (χ3n) is 3.56. The lowest BCUT2D eigenvalue weighted by molar-refractivity contribution is 0.306. The van der Waals surface area contributed by atoms with E-state index in [1.54, 1.807) is 10.9 Å². The summed E-state index contributed by atoms with van der Waals surface area (Å²) >= 11 is 5.15. The maximum Gasteiger partial charge on any atom is 0.216 e. The van der Waals surface area contributed by atoms with Crippen molar-refractivity contribution in [2.24, 2.45) is 5.10 Å². The first-order valence-corrected chi connectivity index (χ1v) is 8.00. The molecule has 3 rings (SSSR count). The van der Waals surface area contributed by atoms with Crippen molar-refractivity contribution in [3.8, 4) is 5.75 Å². The molecule has 0 aliphatic heterocycles. The Balaban J connectivity index is 1.78. The molecule has 2 aromatic carbocycles. The number of benzene rings is 2. The van der Waals surface area contributed by atoms with E-state index in [0.717, 1.165) is 16.9 Å². The SMILES string of the molecule is Cc1ccc(COc2ccccc2/C=N/n2c(C)n[nH]c2=S)cc1. The van der Waals surface area contributed by atoms with Gasteiger partial charge in [0.1, 0.15) is 18.2 Å². The number of aromatic nitrogens is 3. The molecular weight excluding hydrogens is 320 g/mol. The molecule has 6 heteroatoms. The summed E-state index contributed by atoms with van der Waals surface area (Å²) in [6.45, 7) is 4.41. The zero-order valence-corrected chi connectivity index (χ0v) is 14.4. The van der Waals surface area contributed by atoms with Crippen LogP contribution in [0.4, 0.5) is 0 Å². The van der Waals surface area contributed by atoms with Crippen molar-refractivity contribution in [3.05, 3.63) is 75.8 Å². The maximum absolute atomic E-state index is 5.94. The molecule has 0 spiro atoms. The topological polar surface area (TPSA) is 55.2 Å². The number of nitrogens with one attached hydrogen (secondary N) is 1. The minimum absolute atomic E-state index is 0.460. The van der Waals surface area contributed by atoms with Gasteiger partial charge in [0.2, 0.25) is 4.77 Å². The van der Waals surface area contributed by atoms with Crippen LogP contribution in [0.3, 0.4) is 0 Å². The molecule has 24 heavy (non-hydrogen) atoms. The Morgan fingerprint density at radius 2 is 1.92 bits per heavy atom. The molecule has 1 heterocycles. The van der Waals surface area contributed by atoms with E-state index in [2.05, 4.69) is 46.5 Å². The van der Waals surface area contributed by atoms with Crippen LogP contribution in [-0.2, 0) is 6.61 Å². The number of aromatic amines is 1. The van der Waals surface area contributed by atoms with Crippen LogP contribution in [-0.4, -0.2) is 21.1 Å². The molecule has 0 saturated carbocycles. The number of hydrogen-bond acceptors (Lipinski definition) is 4. The number of aryl methyl sites for hydroxylation is 2. The normalized spacial score (nSPS) is 11.1. The van der Waals surface area contributed by atoms with Crippen molar-refractivity contribution in [2.75, 3.05) is 0 Å². The molecule has 0 fully saturated rings. The standard InChI is InChI=1S/C18H18N4OS/c1-13-7-9-15(10-8-13)12-23-17-6-4-3-5-16(17)11-19-22-14(2)20-21-18(22)24/h3-11H,12H2,1-2H3,(H,21,24)/b19-11+. The Morgan fingerprint density at radius 3 is 2.62 bits per heavy atom. The van der Waals surface area contributed by atoms with Gasteiger partial charge in [-0.15, -0.1) is 0 Å². The summed E-state index contributed by atoms with van der Waals surface area (Å²) < 4.78 is 7.98. The lowest BCUT2D eigenvalue weighted by Gasteiger charge is -2.09. The van der Waals surface area contributed by atoms with Gasteiger partial charge < -0.3 is 4.74 Å². The van der Waals surface area contributed by atoms with E-state index in [0.29, 0.717) is 17.2 Å². The average molecular weight is 338 g/mol. The van der Waals surface area contributed by atoms with Crippen molar-refractivity contribution in [1.82, 2.24) is 14.9 Å². The first kappa shape index (κ1) is 16.1. The number of H-pyrrole nitrogens is 1. The summed E-state index contributed by atoms with van der Waals surface area (Å²) in [6, 6.07) is 16.1. The number of rotatable bonds is 5. The predicted molar refractivity (Wildman–Crippen MR) is 97.1 cm³/mol. The van der Waals surface area contributed by atoms with Gasteiger partial charge in [0.05, 0.1) is 6.21 Å². The largest absolute Gasteiger partial charge is 0.488 e. The van der Waals surface area contributed by atoms with Crippen molar-refractivity contribution in [1.29, 1.82) is 0 Å². The molecule has 1 N–H and O–H groups in total. The predicted octanol–water partition coefficient (Wildman–Crippen LogP) is 4.02. The highest BCUT2D eigenvalue weighted by Crippen LogP contribution is 2.18. The summed E-state index contributed by atoms with van der Waals surface area (Å²) in [5, 5.41) is 11.1. The number of hydrogen-bond donors (Lipinski definition) is 1. The highest BCUT2D eigenvalue weighted by atomic mass is 32.1. The lowest BCUT2D eigenvalue weighted by atomic mass is 10.1. The summed E-state index contributed by atoms with van der Waals surface area (Å²) in [5.74, 6) is 1.48. The number of para-hydroxylation sites is 1. The second kappa shape index (κ2) is 7.23. The highest BCUT2D eigenvalue weighted by molar-refractivity contribution is 7.71. The van der Waals surface area contributed by atoms with E-state index in [-0.39, 0.29) is 0 Å². The van der Waals surface area contributed by atoms with Crippen LogP contribution in [0, 0.1) is 18.6 Å². The molecule has 0 saturated heterocycles. The Kier molecular flexibility index (Phi) is 4.86. The Morgan fingerprint density at radius 1 is 1.17 bits per heavy atom. The summed E-state index contributed by atoms with van der Waals surface area (Å²) in [5.41, 5.74) is 3.24. The summed E-state index contributed by atoms with van der Waals surface area (Å²) in [6.07, 6.45) is 1.72. The fourth-order valence-corrected chi connectivity index (χ4v) is 2.42. The Labute approximate surface area is 145 Å². The van der Waals surface area contributed by atoms with Crippen molar-refractivity contribution in [3.63, 3.8) is 0 Å². The minimum Gasteiger partial charge on any atom is -0.488 e. The molecule has 0 radical (unpaired) electrons. The monoisotopic (exact) mass is 338 g/mol. The maximum atomic E-state index is 5.94. The van der Waals surface area contributed by atoms with Crippen LogP contribution < -0.4 is 4.74 Å². The molecule has 0 unspecified atom stereocenters. The second-order valence-corrected chi connectivity index (χ2v) is 5.83. The molecule has 0 aliphatic rings. The van der Waals surface area contributed by atoms with Crippen LogP contribution >= 0.6 is 12.2 Å². The smallest absolute Gasteiger partial charge is 0.216 e. The average Bonchev–Trinajstić information content (AvgIpc) is 2.91. The van der Waals surface area contributed by atoms with Gasteiger partial charge in [-0.25, -0.2) is 0 Å². The van der Waals surface area contributed by atoms with Crippen molar-refractivity contribution < 1.29 is 4.74 Å².